The van der Waals surface area contributed by atoms with E-state index in [1.807, 2.05) is 6.92 Å². The van der Waals surface area contributed by atoms with Gasteiger partial charge in [0.15, 0.2) is 0 Å². The summed E-state index contributed by atoms with van der Waals surface area (Å²) in [5.74, 6) is -0.514. The van der Waals surface area contributed by atoms with Crippen LogP contribution in [-0.4, -0.2) is 27.1 Å². The van der Waals surface area contributed by atoms with Crippen LogP contribution in [0.4, 0.5) is 13.2 Å². The molecule has 1 aromatic heterocycles. The number of aliphatic hydroxyl groups excluding tert-OH is 1. The summed E-state index contributed by atoms with van der Waals surface area (Å²) in [5.41, 5.74) is -0.688. The number of alkyl halides is 3. The van der Waals surface area contributed by atoms with E-state index in [1.165, 1.54) is 18.2 Å². The molecule has 0 aliphatic carbocycles. The van der Waals surface area contributed by atoms with E-state index in [0.29, 0.717) is 17.0 Å². The van der Waals surface area contributed by atoms with Crippen LogP contribution in [0.3, 0.4) is 0 Å². The molecule has 2 rings (SSSR count). The van der Waals surface area contributed by atoms with Crippen LogP contribution in [0.15, 0.2) is 24.3 Å². The summed E-state index contributed by atoms with van der Waals surface area (Å²) in [4.78, 5) is 12.3. The topological polar surface area (TPSA) is 75.1 Å². The average molecular weight is 345 g/mol. The van der Waals surface area contributed by atoms with Crippen molar-refractivity contribution >= 4 is 17.4 Å². The number of rotatable bonds is 5. The largest absolute Gasteiger partial charge is 0.416 e. The number of aliphatic hydroxyl groups is 1. The van der Waals surface area contributed by atoms with Crippen molar-refractivity contribution in [1.29, 1.82) is 0 Å². The SMILES string of the molecule is CCc1nnsc1C(=O)NC[C@H](O)c1ccccc1C(F)(F)F. The van der Waals surface area contributed by atoms with Crippen LogP contribution in [0, 0.1) is 0 Å². The number of carbonyl (C=O) groups is 1. The third-order valence-corrected chi connectivity index (χ3v) is 3.94. The maximum Gasteiger partial charge on any atom is 0.416 e. The fraction of sp³-hybridized carbons (Fsp3) is 0.357. The highest BCUT2D eigenvalue weighted by Crippen LogP contribution is 2.34. The number of aryl methyl sites for hydroxylation is 1. The Hall–Kier alpha value is -2.00. The van der Waals surface area contributed by atoms with Gasteiger partial charge < -0.3 is 10.4 Å². The lowest BCUT2D eigenvalue weighted by molar-refractivity contribution is -0.139. The maximum absolute atomic E-state index is 12.9. The second-order valence-corrected chi connectivity index (χ2v) is 5.47. The molecule has 2 aromatic rings. The van der Waals surface area contributed by atoms with Crippen LogP contribution in [-0.2, 0) is 12.6 Å². The van der Waals surface area contributed by atoms with Crippen molar-refractivity contribution in [3.8, 4) is 0 Å². The Labute approximate surface area is 134 Å². The molecule has 0 fully saturated rings. The van der Waals surface area contributed by atoms with Crippen LogP contribution in [0.5, 0.6) is 0 Å². The summed E-state index contributed by atoms with van der Waals surface area (Å²) in [6, 6.07) is 4.72. The number of nitrogens with one attached hydrogen (secondary N) is 1. The first-order valence-electron chi connectivity index (χ1n) is 6.78. The number of carbonyl (C=O) groups excluding carboxylic acids is 1. The molecule has 2 N–H and O–H groups in total. The van der Waals surface area contributed by atoms with Gasteiger partial charge in [0.25, 0.3) is 5.91 Å². The van der Waals surface area contributed by atoms with Gasteiger partial charge in [-0.05, 0) is 29.6 Å². The van der Waals surface area contributed by atoms with Gasteiger partial charge in [0.2, 0.25) is 0 Å². The van der Waals surface area contributed by atoms with Crippen molar-refractivity contribution in [2.45, 2.75) is 25.6 Å². The molecule has 0 saturated heterocycles. The number of nitrogens with zero attached hydrogens (tertiary/aromatic N) is 2. The summed E-state index contributed by atoms with van der Waals surface area (Å²) in [5, 5.41) is 16.2. The average Bonchev–Trinajstić information content (AvgIpc) is 3.00. The first kappa shape index (κ1) is 17.4. The Bertz CT molecular complexity index is 688. The molecule has 124 valence electrons. The Balaban J connectivity index is 2.09. The van der Waals surface area contributed by atoms with Gasteiger partial charge in [-0.3, -0.25) is 4.79 Å². The van der Waals surface area contributed by atoms with E-state index in [-0.39, 0.29) is 12.1 Å². The van der Waals surface area contributed by atoms with Crippen molar-refractivity contribution < 1.29 is 23.1 Å². The van der Waals surface area contributed by atoms with E-state index in [0.717, 1.165) is 17.6 Å². The van der Waals surface area contributed by atoms with Crippen LogP contribution in [0.1, 0.15) is 39.5 Å². The second kappa shape index (κ2) is 7.05. The van der Waals surface area contributed by atoms with E-state index >= 15 is 0 Å². The molecule has 0 saturated carbocycles. The normalized spacial score (nSPS) is 12.9. The number of benzene rings is 1. The number of hydrogen-bond donors (Lipinski definition) is 2. The molecule has 5 nitrogen and oxygen atoms in total. The quantitative estimate of drug-likeness (QED) is 0.873. The van der Waals surface area contributed by atoms with Gasteiger partial charge in [0.05, 0.1) is 17.4 Å². The molecule has 23 heavy (non-hydrogen) atoms. The molecule has 1 heterocycles. The molecule has 0 bridgehead atoms. The number of halogens is 3. The van der Waals surface area contributed by atoms with Gasteiger partial charge in [-0.2, -0.15) is 13.2 Å². The molecular weight excluding hydrogens is 331 g/mol. The summed E-state index contributed by atoms with van der Waals surface area (Å²) in [6.45, 7) is 1.47. The predicted octanol–water partition coefficient (Wildman–Crippen LogP) is 2.58. The Morgan fingerprint density at radius 3 is 2.74 bits per heavy atom. The third-order valence-electron chi connectivity index (χ3n) is 3.18. The summed E-state index contributed by atoms with van der Waals surface area (Å²) in [6.07, 6.45) is -5.53. The molecule has 1 atom stereocenters. The zero-order chi connectivity index (χ0) is 17.0. The molecular formula is C14H14F3N3O2S. The third kappa shape index (κ3) is 4.05. The van der Waals surface area contributed by atoms with Crippen LogP contribution < -0.4 is 5.32 Å². The Morgan fingerprint density at radius 2 is 2.09 bits per heavy atom. The summed E-state index contributed by atoms with van der Waals surface area (Å²) >= 11 is 0.902. The number of amides is 1. The van der Waals surface area contributed by atoms with E-state index in [1.54, 1.807) is 0 Å². The molecule has 1 aromatic carbocycles. The summed E-state index contributed by atoms with van der Waals surface area (Å²) in [7, 11) is 0. The monoisotopic (exact) mass is 345 g/mol. The van der Waals surface area contributed by atoms with E-state index in [9.17, 15) is 23.1 Å². The lowest BCUT2D eigenvalue weighted by atomic mass is 10.0. The van der Waals surface area contributed by atoms with Crippen molar-refractivity contribution in [3.63, 3.8) is 0 Å². The molecule has 0 aliphatic heterocycles. The van der Waals surface area contributed by atoms with Gasteiger partial charge in [-0.25, -0.2) is 0 Å². The Morgan fingerprint density at radius 1 is 1.39 bits per heavy atom. The van der Waals surface area contributed by atoms with Gasteiger partial charge in [-0.1, -0.05) is 29.6 Å². The fourth-order valence-electron chi connectivity index (χ4n) is 2.04. The lowest BCUT2D eigenvalue weighted by Crippen LogP contribution is -2.29. The molecule has 9 heteroatoms. The first-order chi connectivity index (χ1) is 10.8. The highest BCUT2D eigenvalue weighted by Gasteiger charge is 2.34. The molecule has 0 spiro atoms. The first-order valence-corrected chi connectivity index (χ1v) is 7.55. The van der Waals surface area contributed by atoms with Gasteiger partial charge in [0, 0.05) is 6.54 Å². The number of aromatic nitrogens is 2. The van der Waals surface area contributed by atoms with E-state index in [4.69, 9.17) is 0 Å². The zero-order valence-electron chi connectivity index (χ0n) is 12.1. The standard InChI is InChI=1S/C14H14F3N3O2S/c1-2-10-12(23-20-19-10)13(22)18-7-11(21)8-5-3-4-6-9(8)14(15,16)17/h3-6,11,21H,2,7H2,1H3,(H,18,22)/t11-/m0/s1. The second-order valence-electron chi connectivity index (χ2n) is 4.71. The molecule has 1 amide bonds. The van der Waals surface area contributed by atoms with Crippen LogP contribution in [0.2, 0.25) is 0 Å². The van der Waals surface area contributed by atoms with Crippen LogP contribution in [0.25, 0.3) is 0 Å². The highest BCUT2D eigenvalue weighted by molar-refractivity contribution is 7.08. The maximum atomic E-state index is 12.9. The van der Waals surface area contributed by atoms with Crippen molar-refractivity contribution in [3.05, 3.63) is 46.0 Å². The molecule has 0 unspecified atom stereocenters. The Kier molecular flexibility index (Phi) is 5.32. The van der Waals surface area contributed by atoms with Crippen LogP contribution >= 0.6 is 11.5 Å². The minimum atomic E-state index is -4.57. The zero-order valence-corrected chi connectivity index (χ0v) is 12.9. The summed E-state index contributed by atoms with van der Waals surface area (Å²) < 4.78 is 42.4. The minimum Gasteiger partial charge on any atom is -0.387 e. The number of hydrogen-bond acceptors (Lipinski definition) is 5. The van der Waals surface area contributed by atoms with E-state index < -0.39 is 23.8 Å². The fourth-order valence-corrected chi connectivity index (χ4v) is 2.70. The van der Waals surface area contributed by atoms with Gasteiger partial charge in [-0.15, -0.1) is 5.10 Å². The van der Waals surface area contributed by atoms with Gasteiger partial charge in [0.1, 0.15) is 4.88 Å². The van der Waals surface area contributed by atoms with Crippen molar-refractivity contribution in [2.24, 2.45) is 0 Å². The lowest BCUT2D eigenvalue weighted by Gasteiger charge is -2.17. The highest BCUT2D eigenvalue weighted by atomic mass is 32.1. The minimum absolute atomic E-state index is 0.279. The van der Waals surface area contributed by atoms with Gasteiger partial charge >= 0.3 is 6.18 Å². The van der Waals surface area contributed by atoms with Crippen molar-refractivity contribution in [1.82, 2.24) is 14.9 Å². The molecule has 0 radical (unpaired) electrons. The van der Waals surface area contributed by atoms with Crippen molar-refractivity contribution in [2.75, 3.05) is 6.54 Å². The predicted molar refractivity (Wildman–Crippen MR) is 78.0 cm³/mol. The molecule has 0 aliphatic rings. The smallest absolute Gasteiger partial charge is 0.387 e. The van der Waals surface area contributed by atoms with E-state index in [2.05, 4.69) is 14.9 Å².